The Morgan fingerprint density at radius 3 is 2.65 bits per heavy atom. The molecule has 1 saturated heterocycles. The van der Waals surface area contributed by atoms with Crippen molar-refractivity contribution in [2.24, 2.45) is 0 Å². The molecule has 126 valence electrons. The fraction of sp³-hybridized carbons (Fsp3) is 0.625. The molecular formula is C16H24N4O3. The smallest absolute Gasteiger partial charge is 0.283 e. The third-order valence-electron chi connectivity index (χ3n) is 4.10. The molecule has 2 aromatic heterocycles. The molecule has 1 aliphatic heterocycles. The fourth-order valence-corrected chi connectivity index (χ4v) is 2.70. The Hall–Kier alpha value is -1.70. The van der Waals surface area contributed by atoms with Crippen molar-refractivity contribution in [1.82, 2.24) is 20.0 Å². The minimum Gasteiger partial charge on any atom is -0.459 e. The van der Waals surface area contributed by atoms with Crippen molar-refractivity contribution >= 4 is 0 Å². The maximum Gasteiger partial charge on any atom is 0.283 e. The Labute approximate surface area is 136 Å². The number of furan rings is 1. The predicted molar refractivity (Wildman–Crippen MR) is 84.9 cm³/mol. The van der Waals surface area contributed by atoms with Gasteiger partial charge in [0.25, 0.3) is 5.89 Å². The third kappa shape index (κ3) is 4.19. The molecule has 0 radical (unpaired) electrons. The molecule has 7 nitrogen and oxygen atoms in total. The van der Waals surface area contributed by atoms with Crippen LogP contribution in [-0.4, -0.2) is 65.9 Å². The van der Waals surface area contributed by atoms with Gasteiger partial charge in [0.15, 0.2) is 5.76 Å². The Balaban J connectivity index is 1.48. The molecule has 0 amide bonds. The highest BCUT2D eigenvalue weighted by atomic mass is 16.5. The summed E-state index contributed by atoms with van der Waals surface area (Å²) in [7, 11) is 0. The summed E-state index contributed by atoms with van der Waals surface area (Å²) < 4.78 is 16.5. The highest BCUT2D eigenvalue weighted by molar-refractivity contribution is 5.49. The molecule has 1 aliphatic rings. The zero-order valence-corrected chi connectivity index (χ0v) is 13.8. The topological polar surface area (TPSA) is 67.8 Å². The number of hydrogen-bond acceptors (Lipinski definition) is 7. The van der Waals surface area contributed by atoms with Crippen molar-refractivity contribution in [3.8, 4) is 11.7 Å². The van der Waals surface area contributed by atoms with Gasteiger partial charge in [0.1, 0.15) is 0 Å². The van der Waals surface area contributed by atoms with Gasteiger partial charge in [-0.25, -0.2) is 0 Å². The van der Waals surface area contributed by atoms with Gasteiger partial charge < -0.3 is 13.6 Å². The maximum absolute atomic E-state index is 5.73. The van der Waals surface area contributed by atoms with E-state index in [0.29, 0.717) is 24.1 Å². The van der Waals surface area contributed by atoms with Crippen LogP contribution in [0.25, 0.3) is 11.7 Å². The number of nitrogens with zero attached hydrogens (tertiary/aromatic N) is 4. The van der Waals surface area contributed by atoms with E-state index >= 15 is 0 Å². The van der Waals surface area contributed by atoms with Gasteiger partial charge in [-0.05, 0) is 19.9 Å². The molecule has 0 aliphatic carbocycles. The molecule has 0 unspecified atom stereocenters. The van der Waals surface area contributed by atoms with Gasteiger partial charge in [-0.2, -0.15) is 0 Å². The van der Waals surface area contributed by atoms with Gasteiger partial charge in [0.05, 0.1) is 19.4 Å². The molecular weight excluding hydrogens is 296 g/mol. The largest absolute Gasteiger partial charge is 0.459 e. The van der Waals surface area contributed by atoms with Crippen molar-refractivity contribution in [1.29, 1.82) is 0 Å². The van der Waals surface area contributed by atoms with Crippen LogP contribution in [0.4, 0.5) is 0 Å². The van der Waals surface area contributed by atoms with E-state index in [1.807, 2.05) is 19.9 Å². The standard InChI is InChI=1S/C16H24N4O3/c1-3-21-11-9-19-5-7-20(8-6-19)12-14-17-18-16(23-14)15-13(2)4-10-22-15/h4,10H,3,5-9,11-12H2,1-2H3. The van der Waals surface area contributed by atoms with Crippen molar-refractivity contribution in [3.63, 3.8) is 0 Å². The molecule has 0 spiro atoms. The summed E-state index contributed by atoms with van der Waals surface area (Å²) in [5, 5.41) is 8.22. The molecule has 3 heterocycles. The van der Waals surface area contributed by atoms with Crippen LogP contribution in [-0.2, 0) is 11.3 Å². The second-order valence-electron chi connectivity index (χ2n) is 5.75. The van der Waals surface area contributed by atoms with E-state index in [0.717, 1.165) is 51.5 Å². The molecule has 23 heavy (non-hydrogen) atoms. The first kappa shape index (κ1) is 16.2. The molecule has 0 saturated carbocycles. The van der Waals surface area contributed by atoms with Crippen LogP contribution in [0.15, 0.2) is 21.2 Å². The predicted octanol–water partition coefficient (Wildman–Crippen LogP) is 1.79. The highest BCUT2D eigenvalue weighted by Gasteiger charge is 2.20. The van der Waals surface area contributed by atoms with Crippen LogP contribution in [0, 0.1) is 6.92 Å². The zero-order valence-electron chi connectivity index (χ0n) is 13.8. The molecule has 3 rings (SSSR count). The van der Waals surface area contributed by atoms with E-state index in [1.165, 1.54) is 0 Å². The van der Waals surface area contributed by atoms with E-state index in [2.05, 4.69) is 20.0 Å². The quantitative estimate of drug-likeness (QED) is 0.720. The Kier molecular flexibility index (Phi) is 5.43. The van der Waals surface area contributed by atoms with Crippen LogP contribution in [0.1, 0.15) is 18.4 Å². The summed E-state index contributed by atoms with van der Waals surface area (Å²) in [5.41, 5.74) is 1.00. The lowest BCUT2D eigenvalue weighted by atomic mass is 10.3. The normalized spacial score (nSPS) is 17.0. The summed E-state index contributed by atoms with van der Waals surface area (Å²) >= 11 is 0. The molecule has 0 atom stereocenters. The Bertz CT molecular complexity index is 602. The average molecular weight is 320 g/mol. The van der Waals surface area contributed by atoms with Crippen molar-refractivity contribution < 1.29 is 13.6 Å². The van der Waals surface area contributed by atoms with Crippen LogP contribution >= 0.6 is 0 Å². The van der Waals surface area contributed by atoms with Crippen LogP contribution < -0.4 is 0 Å². The zero-order chi connectivity index (χ0) is 16.1. The number of hydrogen-bond donors (Lipinski definition) is 0. The summed E-state index contributed by atoms with van der Waals surface area (Å²) in [6.45, 7) is 11.4. The summed E-state index contributed by atoms with van der Waals surface area (Å²) in [4.78, 5) is 4.76. The number of ether oxygens (including phenoxy) is 1. The summed E-state index contributed by atoms with van der Waals surface area (Å²) in [6.07, 6.45) is 1.63. The lowest BCUT2D eigenvalue weighted by Gasteiger charge is -2.33. The third-order valence-corrected chi connectivity index (χ3v) is 4.10. The molecule has 1 fully saturated rings. The van der Waals surface area contributed by atoms with E-state index in [9.17, 15) is 0 Å². The first-order valence-electron chi connectivity index (χ1n) is 8.15. The summed E-state index contributed by atoms with van der Waals surface area (Å²) in [5.74, 6) is 1.75. The number of rotatable bonds is 7. The van der Waals surface area contributed by atoms with Gasteiger partial charge in [-0.1, -0.05) is 0 Å². The van der Waals surface area contributed by atoms with Gasteiger partial charge in [-0.15, -0.1) is 10.2 Å². The van der Waals surface area contributed by atoms with E-state index < -0.39 is 0 Å². The number of piperazine rings is 1. The van der Waals surface area contributed by atoms with E-state index in [-0.39, 0.29) is 0 Å². The van der Waals surface area contributed by atoms with E-state index in [1.54, 1.807) is 6.26 Å². The minimum absolute atomic E-state index is 0.456. The lowest BCUT2D eigenvalue weighted by Crippen LogP contribution is -2.46. The molecule has 0 N–H and O–H groups in total. The summed E-state index contributed by atoms with van der Waals surface area (Å²) in [6, 6.07) is 1.89. The second kappa shape index (κ2) is 7.72. The molecule has 2 aromatic rings. The number of aryl methyl sites for hydroxylation is 1. The first-order chi connectivity index (χ1) is 11.3. The first-order valence-corrected chi connectivity index (χ1v) is 8.15. The van der Waals surface area contributed by atoms with Crippen LogP contribution in [0.5, 0.6) is 0 Å². The van der Waals surface area contributed by atoms with Crippen molar-refractivity contribution in [3.05, 3.63) is 23.8 Å². The van der Waals surface area contributed by atoms with Crippen molar-refractivity contribution in [2.75, 3.05) is 45.9 Å². The second-order valence-corrected chi connectivity index (χ2v) is 5.75. The highest BCUT2D eigenvalue weighted by Crippen LogP contribution is 2.23. The molecule has 0 bridgehead atoms. The fourth-order valence-electron chi connectivity index (χ4n) is 2.70. The van der Waals surface area contributed by atoms with Crippen molar-refractivity contribution in [2.45, 2.75) is 20.4 Å². The van der Waals surface area contributed by atoms with Crippen LogP contribution in [0.2, 0.25) is 0 Å². The average Bonchev–Trinajstić information content (AvgIpc) is 3.18. The van der Waals surface area contributed by atoms with Gasteiger partial charge in [0, 0.05) is 44.9 Å². The number of aromatic nitrogens is 2. The SMILES string of the molecule is CCOCCN1CCN(Cc2nnc(-c3occc3C)o2)CC1. The van der Waals surface area contributed by atoms with Gasteiger partial charge in [0.2, 0.25) is 5.89 Å². The molecule has 0 aromatic carbocycles. The maximum atomic E-state index is 5.73. The monoisotopic (exact) mass is 320 g/mol. The molecule has 7 heteroatoms. The van der Waals surface area contributed by atoms with Gasteiger partial charge in [-0.3, -0.25) is 9.80 Å². The lowest BCUT2D eigenvalue weighted by molar-refractivity contribution is 0.0757. The Morgan fingerprint density at radius 2 is 1.96 bits per heavy atom. The van der Waals surface area contributed by atoms with E-state index in [4.69, 9.17) is 13.6 Å². The van der Waals surface area contributed by atoms with Crippen LogP contribution in [0.3, 0.4) is 0 Å². The van der Waals surface area contributed by atoms with Gasteiger partial charge >= 0.3 is 0 Å². The minimum atomic E-state index is 0.456. The Morgan fingerprint density at radius 1 is 1.17 bits per heavy atom.